The molecule has 0 aliphatic rings. The van der Waals surface area contributed by atoms with E-state index in [0.717, 1.165) is 0 Å². The molecular weight excluding hydrogens is 569 g/mol. The molecule has 0 bridgehead atoms. The summed E-state index contributed by atoms with van der Waals surface area (Å²) in [6, 6.07) is 0. The molecule has 0 fully saturated rings. The van der Waals surface area contributed by atoms with Gasteiger partial charge in [0.1, 0.15) is 0 Å². The van der Waals surface area contributed by atoms with Crippen molar-refractivity contribution in [3.63, 3.8) is 0 Å². The molecule has 208 valence electrons. The molecule has 0 unspecified atom stereocenters. The maximum absolute atomic E-state index is 13.7. The SMILES string of the molecule is C=Cc1c(F)c(F)c(OCC(F)(F)C(F)(F)C(F)(F)C(F)(F)C(F)(F)C(F)(F)C(F)(F)F)c(F)c1F. The third-order valence-electron chi connectivity index (χ3n) is 4.25. The highest BCUT2D eigenvalue weighted by Crippen LogP contribution is 2.62. The van der Waals surface area contributed by atoms with Crippen LogP contribution < -0.4 is 4.74 Å². The maximum Gasteiger partial charge on any atom is 0.460 e. The van der Waals surface area contributed by atoms with Crippen molar-refractivity contribution >= 4 is 6.08 Å². The van der Waals surface area contributed by atoms with Crippen LogP contribution in [0.25, 0.3) is 6.08 Å². The van der Waals surface area contributed by atoms with Crippen LogP contribution in [-0.4, -0.2) is 48.3 Å². The molecule has 0 N–H and O–H groups in total. The molecule has 36 heavy (non-hydrogen) atoms. The summed E-state index contributed by atoms with van der Waals surface area (Å²) in [6.45, 7) is -1.02. The van der Waals surface area contributed by atoms with Gasteiger partial charge in [-0.15, -0.1) is 0 Å². The Morgan fingerprint density at radius 2 is 0.861 bits per heavy atom. The summed E-state index contributed by atoms with van der Waals surface area (Å²) in [7, 11) is 0. The van der Waals surface area contributed by atoms with Crippen LogP contribution >= 0.6 is 0 Å². The summed E-state index contributed by atoms with van der Waals surface area (Å²) in [6.07, 6.45) is -7.71. The van der Waals surface area contributed by atoms with E-state index in [-0.39, 0.29) is 6.08 Å². The van der Waals surface area contributed by atoms with Crippen molar-refractivity contribution in [3.05, 3.63) is 35.4 Å². The fraction of sp³-hybridized carbons (Fsp3) is 0.500. The summed E-state index contributed by atoms with van der Waals surface area (Å²) < 4.78 is 253. The molecule has 0 aromatic heterocycles. The largest absolute Gasteiger partial charge is 0.481 e. The van der Waals surface area contributed by atoms with Crippen LogP contribution in [0.4, 0.5) is 83.4 Å². The van der Waals surface area contributed by atoms with E-state index in [0.29, 0.717) is 0 Å². The van der Waals surface area contributed by atoms with Gasteiger partial charge in [0.05, 0.1) is 5.56 Å². The number of halogens is 19. The van der Waals surface area contributed by atoms with Gasteiger partial charge in [0, 0.05) is 0 Å². The zero-order valence-electron chi connectivity index (χ0n) is 16.1. The lowest BCUT2D eigenvalue weighted by Crippen LogP contribution is -2.73. The van der Waals surface area contributed by atoms with Crippen LogP contribution in [0.15, 0.2) is 6.58 Å². The third-order valence-corrected chi connectivity index (χ3v) is 4.25. The Labute approximate surface area is 185 Å². The number of hydrogen-bond donors (Lipinski definition) is 0. The first-order chi connectivity index (χ1) is 15.7. The Kier molecular flexibility index (Phi) is 7.67. The highest BCUT2D eigenvalue weighted by molar-refractivity contribution is 5.52. The molecule has 0 atom stereocenters. The van der Waals surface area contributed by atoms with Crippen molar-refractivity contribution in [2.45, 2.75) is 41.7 Å². The highest BCUT2D eigenvalue weighted by Gasteiger charge is 2.93. The highest BCUT2D eigenvalue weighted by atomic mass is 19.4. The average Bonchev–Trinajstić information content (AvgIpc) is 2.71. The fourth-order valence-electron chi connectivity index (χ4n) is 2.19. The van der Waals surface area contributed by atoms with Gasteiger partial charge in [0.2, 0.25) is 11.6 Å². The number of benzene rings is 1. The van der Waals surface area contributed by atoms with E-state index < -0.39 is 82.9 Å². The van der Waals surface area contributed by atoms with Gasteiger partial charge in [0.15, 0.2) is 24.0 Å². The summed E-state index contributed by atoms with van der Waals surface area (Å²) in [5.74, 6) is -62.2. The van der Waals surface area contributed by atoms with E-state index >= 15 is 0 Å². The molecular formula is C16H5F19O. The van der Waals surface area contributed by atoms with Gasteiger partial charge >= 0.3 is 41.7 Å². The van der Waals surface area contributed by atoms with E-state index in [4.69, 9.17) is 0 Å². The number of ether oxygens (including phenoxy) is 1. The minimum atomic E-state index is -8.59. The predicted molar refractivity (Wildman–Crippen MR) is 77.6 cm³/mol. The lowest BCUT2D eigenvalue weighted by atomic mass is 9.91. The zero-order chi connectivity index (χ0) is 29.1. The van der Waals surface area contributed by atoms with Crippen LogP contribution in [-0.2, 0) is 0 Å². The Morgan fingerprint density at radius 3 is 1.19 bits per heavy atom. The van der Waals surface area contributed by atoms with Gasteiger partial charge in [-0.3, -0.25) is 0 Å². The Hall–Kier alpha value is -2.57. The molecule has 0 spiro atoms. The minimum Gasteiger partial charge on any atom is -0.481 e. The fourth-order valence-corrected chi connectivity index (χ4v) is 2.19. The summed E-state index contributed by atoms with van der Waals surface area (Å²) in [4.78, 5) is 0. The third kappa shape index (κ3) is 4.18. The quantitative estimate of drug-likeness (QED) is 0.218. The van der Waals surface area contributed by atoms with E-state index in [9.17, 15) is 83.4 Å². The Balaban J connectivity index is 3.53. The second kappa shape index (κ2) is 8.77. The van der Waals surface area contributed by atoms with Gasteiger partial charge in [-0.25, -0.2) is 8.78 Å². The zero-order valence-corrected chi connectivity index (χ0v) is 16.1. The van der Waals surface area contributed by atoms with Crippen molar-refractivity contribution < 1.29 is 88.2 Å². The predicted octanol–water partition coefficient (Wildman–Crippen LogP) is 7.64. The monoisotopic (exact) mass is 574 g/mol. The molecule has 1 nitrogen and oxygen atoms in total. The molecule has 0 saturated heterocycles. The molecule has 1 aromatic rings. The first kappa shape index (κ1) is 31.5. The van der Waals surface area contributed by atoms with E-state index in [1.807, 2.05) is 0 Å². The first-order valence-electron chi connectivity index (χ1n) is 8.13. The standard InChI is InChI=1S/C16H5F19O/c1-2-4-5(17)7(19)9(8(20)6(4)18)36-3-10(21,22)11(23,24)12(25,26)13(27,28)14(29,30)15(31,32)16(33,34)35/h2H,1,3H2. The van der Waals surface area contributed by atoms with E-state index in [1.165, 1.54) is 0 Å². The van der Waals surface area contributed by atoms with Crippen LogP contribution in [0.2, 0.25) is 0 Å². The molecule has 20 heteroatoms. The first-order valence-corrected chi connectivity index (χ1v) is 8.13. The van der Waals surface area contributed by atoms with Gasteiger partial charge in [0.25, 0.3) is 0 Å². The van der Waals surface area contributed by atoms with Crippen LogP contribution in [0.3, 0.4) is 0 Å². The minimum absolute atomic E-state index is 0.0862. The normalized spacial score (nSPS) is 14.8. The molecule has 0 radical (unpaired) electrons. The van der Waals surface area contributed by atoms with Crippen molar-refractivity contribution in [1.82, 2.24) is 0 Å². The summed E-state index contributed by atoms with van der Waals surface area (Å²) >= 11 is 0. The topological polar surface area (TPSA) is 9.23 Å². The lowest BCUT2D eigenvalue weighted by molar-refractivity contribution is -0.453. The van der Waals surface area contributed by atoms with Crippen LogP contribution in [0.5, 0.6) is 5.75 Å². The van der Waals surface area contributed by atoms with Gasteiger partial charge in [-0.1, -0.05) is 12.7 Å². The van der Waals surface area contributed by atoms with Gasteiger partial charge in [-0.2, -0.15) is 74.6 Å². The average molecular weight is 574 g/mol. The van der Waals surface area contributed by atoms with E-state index in [1.54, 1.807) is 0 Å². The molecule has 0 heterocycles. The summed E-state index contributed by atoms with van der Waals surface area (Å²) in [5.41, 5.74) is -1.64. The molecule has 1 aromatic carbocycles. The summed E-state index contributed by atoms with van der Waals surface area (Å²) in [5, 5.41) is 0. The Bertz CT molecular complexity index is 977. The number of alkyl halides is 15. The van der Waals surface area contributed by atoms with Crippen molar-refractivity contribution in [3.8, 4) is 5.75 Å². The van der Waals surface area contributed by atoms with Gasteiger partial charge < -0.3 is 4.74 Å². The van der Waals surface area contributed by atoms with Crippen molar-refractivity contribution in [2.24, 2.45) is 0 Å². The number of hydrogen-bond acceptors (Lipinski definition) is 1. The van der Waals surface area contributed by atoms with Crippen molar-refractivity contribution in [2.75, 3.05) is 6.61 Å². The molecule has 1 rings (SSSR count). The van der Waals surface area contributed by atoms with Crippen LogP contribution in [0, 0.1) is 23.3 Å². The molecule has 0 aliphatic carbocycles. The Morgan fingerprint density at radius 1 is 0.528 bits per heavy atom. The van der Waals surface area contributed by atoms with Gasteiger partial charge in [-0.05, 0) is 0 Å². The molecule has 0 amide bonds. The second-order valence-electron chi connectivity index (χ2n) is 6.57. The molecule has 0 saturated carbocycles. The van der Waals surface area contributed by atoms with Crippen molar-refractivity contribution in [1.29, 1.82) is 0 Å². The lowest BCUT2D eigenvalue weighted by Gasteiger charge is -2.41. The molecule has 0 aliphatic heterocycles. The second-order valence-corrected chi connectivity index (χ2v) is 6.57. The number of rotatable bonds is 9. The van der Waals surface area contributed by atoms with Crippen LogP contribution in [0.1, 0.15) is 5.56 Å². The maximum atomic E-state index is 13.7. The smallest absolute Gasteiger partial charge is 0.460 e. The van der Waals surface area contributed by atoms with E-state index in [2.05, 4.69) is 11.3 Å².